The SMILES string of the molecule is C.CCC1CC2CC1C1CC(C(=O)O)CC21. The monoisotopic (exact) mass is 224 g/mol. The first-order chi connectivity index (χ1) is 7.20. The van der Waals surface area contributed by atoms with Gasteiger partial charge in [-0.25, -0.2) is 0 Å². The Morgan fingerprint density at radius 3 is 2.44 bits per heavy atom. The summed E-state index contributed by atoms with van der Waals surface area (Å²) in [6.07, 6.45) is 6.09. The fraction of sp³-hybridized carbons (Fsp3) is 0.929. The van der Waals surface area contributed by atoms with Crippen molar-refractivity contribution in [2.75, 3.05) is 0 Å². The zero-order valence-electron chi connectivity index (χ0n) is 9.36. The van der Waals surface area contributed by atoms with Crippen LogP contribution < -0.4 is 0 Å². The number of fused-ring (bicyclic) bond motifs is 5. The van der Waals surface area contributed by atoms with Crippen LogP contribution in [0.4, 0.5) is 0 Å². The predicted octanol–water partition coefficient (Wildman–Crippen LogP) is 3.42. The first-order valence-corrected chi connectivity index (χ1v) is 6.43. The minimum Gasteiger partial charge on any atom is -0.481 e. The third-order valence-electron chi connectivity index (χ3n) is 5.48. The van der Waals surface area contributed by atoms with Gasteiger partial charge in [0.2, 0.25) is 0 Å². The van der Waals surface area contributed by atoms with E-state index in [9.17, 15) is 4.79 Å². The van der Waals surface area contributed by atoms with Gasteiger partial charge in [-0.05, 0) is 55.3 Å². The molecule has 0 saturated heterocycles. The molecule has 2 bridgehead atoms. The Kier molecular flexibility index (Phi) is 3.02. The Balaban J connectivity index is 0.000000963. The number of carboxylic acid groups (broad SMARTS) is 1. The summed E-state index contributed by atoms with van der Waals surface area (Å²) in [5, 5.41) is 9.08. The van der Waals surface area contributed by atoms with Gasteiger partial charge < -0.3 is 5.11 Å². The predicted molar refractivity (Wildman–Crippen MR) is 64.1 cm³/mol. The lowest BCUT2D eigenvalue weighted by atomic mass is 9.75. The summed E-state index contributed by atoms with van der Waals surface area (Å²) in [7, 11) is 0. The van der Waals surface area contributed by atoms with Crippen molar-refractivity contribution in [3.63, 3.8) is 0 Å². The molecule has 0 aromatic heterocycles. The molecule has 3 rings (SSSR count). The van der Waals surface area contributed by atoms with Crippen molar-refractivity contribution in [3.05, 3.63) is 0 Å². The van der Waals surface area contributed by atoms with Gasteiger partial charge in [0.15, 0.2) is 0 Å². The first-order valence-electron chi connectivity index (χ1n) is 6.43. The van der Waals surface area contributed by atoms with Crippen LogP contribution in [0.1, 0.15) is 46.5 Å². The Bertz CT molecular complexity index is 284. The number of hydrogen-bond acceptors (Lipinski definition) is 1. The highest BCUT2D eigenvalue weighted by molar-refractivity contribution is 5.70. The largest absolute Gasteiger partial charge is 0.481 e. The molecule has 3 aliphatic carbocycles. The van der Waals surface area contributed by atoms with Gasteiger partial charge in [-0.1, -0.05) is 20.8 Å². The average molecular weight is 224 g/mol. The number of hydrogen-bond donors (Lipinski definition) is 1. The van der Waals surface area contributed by atoms with Crippen LogP contribution in [0.5, 0.6) is 0 Å². The molecule has 3 fully saturated rings. The molecule has 0 aliphatic heterocycles. The quantitative estimate of drug-likeness (QED) is 0.780. The number of rotatable bonds is 2. The van der Waals surface area contributed by atoms with Crippen molar-refractivity contribution in [3.8, 4) is 0 Å². The molecule has 0 aromatic rings. The minimum atomic E-state index is -0.545. The number of carboxylic acids is 1. The second kappa shape index (κ2) is 4.05. The molecule has 16 heavy (non-hydrogen) atoms. The van der Waals surface area contributed by atoms with Crippen LogP contribution in [0, 0.1) is 35.5 Å². The maximum atomic E-state index is 11.0. The fourth-order valence-corrected chi connectivity index (χ4v) is 4.88. The van der Waals surface area contributed by atoms with Crippen LogP contribution in [0.25, 0.3) is 0 Å². The van der Waals surface area contributed by atoms with Crippen LogP contribution in [0.2, 0.25) is 0 Å². The standard InChI is InChI=1S/C13H20O2.CH4/c1-2-7-3-8-4-10(7)12-6-9(13(14)15)5-11(8)12;/h7-12H,2-6H2,1H3,(H,14,15);1H4. The van der Waals surface area contributed by atoms with E-state index in [0.717, 1.165) is 42.4 Å². The van der Waals surface area contributed by atoms with Gasteiger partial charge in [0.1, 0.15) is 0 Å². The molecule has 3 aliphatic rings. The van der Waals surface area contributed by atoms with Crippen LogP contribution in [0.3, 0.4) is 0 Å². The zero-order chi connectivity index (χ0) is 10.6. The van der Waals surface area contributed by atoms with Gasteiger partial charge >= 0.3 is 5.97 Å². The maximum Gasteiger partial charge on any atom is 0.306 e. The van der Waals surface area contributed by atoms with E-state index in [0.29, 0.717) is 0 Å². The molecular formula is C14H24O2. The lowest BCUT2D eigenvalue weighted by Crippen LogP contribution is -2.23. The van der Waals surface area contributed by atoms with E-state index in [2.05, 4.69) is 6.92 Å². The smallest absolute Gasteiger partial charge is 0.306 e. The van der Waals surface area contributed by atoms with Crippen molar-refractivity contribution in [2.24, 2.45) is 35.5 Å². The van der Waals surface area contributed by atoms with Crippen molar-refractivity contribution in [1.82, 2.24) is 0 Å². The molecule has 0 spiro atoms. The number of aliphatic carboxylic acids is 1. The van der Waals surface area contributed by atoms with Crippen LogP contribution in [0.15, 0.2) is 0 Å². The van der Waals surface area contributed by atoms with E-state index >= 15 is 0 Å². The van der Waals surface area contributed by atoms with Crippen LogP contribution in [-0.2, 0) is 4.79 Å². The molecule has 6 atom stereocenters. The Morgan fingerprint density at radius 2 is 1.81 bits per heavy atom. The zero-order valence-corrected chi connectivity index (χ0v) is 9.36. The molecule has 2 heteroatoms. The van der Waals surface area contributed by atoms with Gasteiger partial charge in [0.25, 0.3) is 0 Å². The van der Waals surface area contributed by atoms with Gasteiger partial charge in [-0.15, -0.1) is 0 Å². The van der Waals surface area contributed by atoms with Crippen molar-refractivity contribution in [1.29, 1.82) is 0 Å². The molecule has 1 N–H and O–H groups in total. The summed E-state index contributed by atoms with van der Waals surface area (Å²) in [6.45, 7) is 2.30. The van der Waals surface area contributed by atoms with Gasteiger partial charge in [0.05, 0.1) is 5.92 Å². The summed E-state index contributed by atoms with van der Waals surface area (Å²) in [4.78, 5) is 11.0. The first kappa shape index (κ1) is 11.9. The molecule has 2 nitrogen and oxygen atoms in total. The van der Waals surface area contributed by atoms with E-state index in [1.54, 1.807) is 0 Å². The molecule has 0 amide bonds. The van der Waals surface area contributed by atoms with Crippen LogP contribution >= 0.6 is 0 Å². The molecule has 0 radical (unpaired) electrons. The van der Waals surface area contributed by atoms with Gasteiger partial charge in [-0.2, -0.15) is 0 Å². The van der Waals surface area contributed by atoms with E-state index in [1.165, 1.54) is 19.3 Å². The summed E-state index contributed by atoms with van der Waals surface area (Å²) >= 11 is 0. The summed E-state index contributed by atoms with van der Waals surface area (Å²) in [6, 6.07) is 0. The second-order valence-electron chi connectivity index (χ2n) is 5.90. The third-order valence-corrected chi connectivity index (χ3v) is 5.48. The van der Waals surface area contributed by atoms with Crippen molar-refractivity contribution < 1.29 is 9.90 Å². The van der Waals surface area contributed by atoms with E-state index in [-0.39, 0.29) is 13.3 Å². The maximum absolute atomic E-state index is 11.0. The van der Waals surface area contributed by atoms with E-state index in [1.807, 2.05) is 0 Å². The topological polar surface area (TPSA) is 37.3 Å². The minimum absolute atomic E-state index is 0. The Hall–Kier alpha value is -0.530. The fourth-order valence-electron chi connectivity index (χ4n) is 4.88. The molecule has 3 saturated carbocycles. The van der Waals surface area contributed by atoms with Gasteiger partial charge in [-0.3, -0.25) is 4.79 Å². The number of carbonyl (C=O) groups is 1. The van der Waals surface area contributed by atoms with Crippen molar-refractivity contribution >= 4 is 5.97 Å². The summed E-state index contributed by atoms with van der Waals surface area (Å²) < 4.78 is 0. The lowest BCUT2D eigenvalue weighted by molar-refractivity contribution is -0.141. The Labute approximate surface area is 98.4 Å². The normalized spacial score (nSPS) is 48.8. The second-order valence-corrected chi connectivity index (χ2v) is 5.90. The molecule has 0 aromatic carbocycles. The highest BCUT2D eigenvalue weighted by Crippen LogP contribution is 2.62. The summed E-state index contributed by atoms with van der Waals surface area (Å²) in [5.74, 6) is 3.68. The van der Waals surface area contributed by atoms with E-state index < -0.39 is 5.97 Å². The van der Waals surface area contributed by atoms with E-state index in [4.69, 9.17) is 5.11 Å². The highest BCUT2D eigenvalue weighted by Gasteiger charge is 2.56. The van der Waals surface area contributed by atoms with Crippen LogP contribution in [-0.4, -0.2) is 11.1 Å². The molecule has 0 heterocycles. The molecular weight excluding hydrogens is 200 g/mol. The lowest BCUT2D eigenvalue weighted by Gasteiger charge is -2.30. The summed E-state index contributed by atoms with van der Waals surface area (Å²) in [5.41, 5.74) is 0. The Morgan fingerprint density at radius 1 is 1.12 bits per heavy atom. The average Bonchev–Trinajstić information content (AvgIpc) is 2.87. The van der Waals surface area contributed by atoms with Gasteiger partial charge in [0, 0.05) is 0 Å². The molecule has 6 unspecified atom stereocenters. The third kappa shape index (κ3) is 1.49. The highest BCUT2D eigenvalue weighted by atomic mass is 16.4. The van der Waals surface area contributed by atoms with Crippen molar-refractivity contribution in [2.45, 2.75) is 46.5 Å². The molecule has 92 valence electrons.